The van der Waals surface area contributed by atoms with Crippen LogP contribution in [-0.2, 0) is 4.79 Å². The number of ether oxygens (including phenoxy) is 2. The van der Waals surface area contributed by atoms with E-state index in [1.807, 2.05) is 0 Å². The Balaban J connectivity index is 2.18. The molecule has 5 nitrogen and oxygen atoms in total. The second-order valence-electron chi connectivity index (χ2n) is 5.29. The lowest BCUT2D eigenvalue weighted by Gasteiger charge is -2.10. The number of carbonyl (C=O) groups is 2. The highest BCUT2D eigenvalue weighted by Gasteiger charge is 2.13. The normalized spacial score (nSPS) is 10.7. The van der Waals surface area contributed by atoms with Gasteiger partial charge in [0.2, 0.25) is 0 Å². The fourth-order valence-electron chi connectivity index (χ4n) is 2.10. The smallest absolute Gasteiger partial charge is 0.257 e. The number of nitrogens with one attached hydrogen (secondary N) is 1. The van der Waals surface area contributed by atoms with E-state index in [0.717, 1.165) is 0 Å². The highest BCUT2D eigenvalue weighted by atomic mass is 35.5. The van der Waals surface area contributed by atoms with Gasteiger partial charge in [0.05, 0.1) is 22.2 Å². The van der Waals surface area contributed by atoms with Crippen LogP contribution >= 0.6 is 34.8 Å². The average Bonchev–Trinajstić information content (AvgIpc) is 2.68. The maximum absolute atomic E-state index is 12.4. The number of halogens is 3. The zero-order valence-corrected chi connectivity index (χ0v) is 16.8. The van der Waals surface area contributed by atoms with Crippen molar-refractivity contribution >= 4 is 52.6 Å². The standard InChI is InChI=1S/C19H16Cl3NO4/c1-23-17(25)10-27-15-8-4-11(9-16(15)26-2)3-7-14(24)12-5-6-13(20)19(22)18(12)21/h3-9H,10H2,1-2H3,(H,23,25)/b7-3+. The Labute approximate surface area is 171 Å². The van der Waals surface area contributed by atoms with Gasteiger partial charge in [0.1, 0.15) is 0 Å². The van der Waals surface area contributed by atoms with Crippen molar-refractivity contribution in [1.82, 2.24) is 5.32 Å². The minimum absolute atomic E-state index is 0.106. The van der Waals surface area contributed by atoms with Crippen LogP contribution in [0, 0.1) is 0 Å². The minimum Gasteiger partial charge on any atom is -0.493 e. The average molecular weight is 429 g/mol. The van der Waals surface area contributed by atoms with Gasteiger partial charge in [0.25, 0.3) is 5.91 Å². The number of ketones is 1. The van der Waals surface area contributed by atoms with Crippen LogP contribution in [0.15, 0.2) is 36.4 Å². The number of amides is 1. The molecule has 0 unspecified atom stereocenters. The van der Waals surface area contributed by atoms with Gasteiger partial charge >= 0.3 is 0 Å². The van der Waals surface area contributed by atoms with Crippen LogP contribution in [0.25, 0.3) is 6.08 Å². The molecule has 1 amide bonds. The maximum atomic E-state index is 12.4. The van der Waals surface area contributed by atoms with Crippen LogP contribution in [0.5, 0.6) is 11.5 Å². The molecule has 2 rings (SSSR count). The largest absolute Gasteiger partial charge is 0.493 e. The van der Waals surface area contributed by atoms with E-state index in [4.69, 9.17) is 44.3 Å². The lowest BCUT2D eigenvalue weighted by atomic mass is 10.1. The fourth-order valence-corrected chi connectivity index (χ4v) is 2.73. The predicted molar refractivity (Wildman–Crippen MR) is 107 cm³/mol. The molecule has 8 heteroatoms. The number of allylic oxidation sites excluding steroid dienone is 1. The number of rotatable bonds is 7. The molecule has 0 bridgehead atoms. The van der Waals surface area contributed by atoms with E-state index in [9.17, 15) is 9.59 Å². The van der Waals surface area contributed by atoms with Crippen molar-refractivity contribution in [1.29, 1.82) is 0 Å². The summed E-state index contributed by atoms with van der Waals surface area (Å²) in [6.45, 7) is -0.129. The van der Waals surface area contributed by atoms with E-state index < -0.39 is 0 Å². The van der Waals surface area contributed by atoms with Crippen LogP contribution in [0.2, 0.25) is 15.1 Å². The quantitative estimate of drug-likeness (QED) is 0.395. The first-order valence-corrected chi connectivity index (χ1v) is 8.88. The Kier molecular flexibility index (Phi) is 7.54. The molecule has 142 valence electrons. The summed E-state index contributed by atoms with van der Waals surface area (Å²) in [4.78, 5) is 23.6. The lowest BCUT2D eigenvalue weighted by molar-refractivity contribution is -0.122. The van der Waals surface area contributed by atoms with Gasteiger partial charge in [-0.05, 0) is 35.9 Å². The summed E-state index contributed by atoms with van der Waals surface area (Å²) >= 11 is 17.9. The van der Waals surface area contributed by atoms with E-state index in [-0.39, 0.29) is 38.9 Å². The van der Waals surface area contributed by atoms with Gasteiger partial charge < -0.3 is 14.8 Å². The minimum atomic E-state index is -0.322. The topological polar surface area (TPSA) is 64.6 Å². The van der Waals surface area contributed by atoms with Gasteiger partial charge in [-0.25, -0.2) is 0 Å². The summed E-state index contributed by atoms with van der Waals surface area (Å²) in [5, 5.41) is 2.98. The highest BCUT2D eigenvalue weighted by molar-refractivity contribution is 6.49. The summed E-state index contributed by atoms with van der Waals surface area (Å²) < 4.78 is 10.7. The van der Waals surface area contributed by atoms with E-state index in [1.165, 1.54) is 32.4 Å². The van der Waals surface area contributed by atoms with Crippen LogP contribution < -0.4 is 14.8 Å². The third-order valence-corrected chi connectivity index (χ3v) is 4.85. The predicted octanol–water partition coefficient (Wildman–Crippen LogP) is 4.68. The van der Waals surface area contributed by atoms with E-state index in [0.29, 0.717) is 17.1 Å². The summed E-state index contributed by atoms with van der Waals surface area (Å²) in [6, 6.07) is 8.08. The fraction of sp³-hybridized carbons (Fsp3) is 0.158. The number of carbonyl (C=O) groups excluding carboxylic acids is 2. The molecular weight excluding hydrogens is 413 g/mol. The molecule has 2 aromatic carbocycles. The van der Waals surface area contributed by atoms with E-state index >= 15 is 0 Å². The van der Waals surface area contributed by atoms with Crippen molar-refractivity contribution in [3.8, 4) is 11.5 Å². The monoisotopic (exact) mass is 427 g/mol. The summed E-state index contributed by atoms with van der Waals surface area (Å²) in [5.41, 5.74) is 0.948. The molecule has 0 radical (unpaired) electrons. The molecule has 0 fully saturated rings. The number of hydrogen-bond acceptors (Lipinski definition) is 4. The Bertz CT molecular complexity index is 897. The van der Waals surface area contributed by atoms with Gasteiger partial charge in [-0.3, -0.25) is 9.59 Å². The van der Waals surface area contributed by atoms with Crippen molar-refractivity contribution in [3.63, 3.8) is 0 Å². The maximum Gasteiger partial charge on any atom is 0.257 e. The number of benzene rings is 2. The Hall–Kier alpha value is -2.21. The second kappa shape index (κ2) is 9.65. The van der Waals surface area contributed by atoms with Crippen molar-refractivity contribution < 1.29 is 19.1 Å². The van der Waals surface area contributed by atoms with Crippen molar-refractivity contribution in [2.45, 2.75) is 0 Å². The molecule has 1 N–H and O–H groups in total. The molecule has 0 heterocycles. The molecule has 0 atom stereocenters. The lowest BCUT2D eigenvalue weighted by Crippen LogP contribution is -2.24. The van der Waals surface area contributed by atoms with E-state index in [2.05, 4.69) is 5.32 Å². The summed E-state index contributed by atoms with van der Waals surface area (Å²) in [7, 11) is 3.00. The van der Waals surface area contributed by atoms with Crippen LogP contribution in [0.1, 0.15) is 15.9 Å². The third kappa shape index (κ3) is 5.39. The van der Waals surface area contributed by atoms with Gasteiger partial charge in [-0.2, -0.15) is 0 Å². The van der Waals surface area contributed by atoms with Gasteiger partial charge in [-0.1, -0.05) is 46.9 Å². The Morgan fingerprint density at radius 3 is 2.48 bits per heavy atom. The number of hydrogen-bond donors (Lipinski definition) is 1. The highest BCUT2D eigenvalue weighted by Crippen LogP contribution is 2.33. The van der Waals surface area contributed by atoms with Crippen LogP contribution in [0.4, 0.5) is 0 Å². The number of methoxy groups -OCH3 is 1. The molecule has 0 aliphatic carbocycles. The van der Waals surface area contributed by atoms with Crippen molar-refractivity contribution in [2.75, 3.05) is 20.8 Å². The third-order valence-electron chi connectivity index (χ3n) is 3.55. The molecule has 0 saturated carbocycles. The molecule has 0 aromatic heterocycles. The second-order valence-corrected chi connectivity index (χ2v) is 6.46. The van der Waals surface area contributed by atoms with Gasteiger partial charge in [-0.15, -0.1) is 0 Å². The van der Waals surface area contributed by atoms with Gasteiger partial charge in [0.15, 0.2) is 23.9 Å². The number of likely N-dealkylation sites (N-methyl/N-ethyl adjacent to an activating group) is 1. The molecule has 27 heavy (non-hydrogen) atoms. The summed E-state index contributed by atoms with van der Waals surface area (Å²) in [5.74, 6) is 0.265. The van der Waals surface area contributed by atoms with Crippen LogP contribution in [0.3, 0.4) is 0 Å². The molecule has 0 spiro atoms. The van der Waals surface area contributed by atoms with Crippen molar-refractivity contribution in [3.05, 3.63) is 62.6 Å². The zero-order chi connectivity index (χ0) is 20.0. The Morgan fingerprint density at radius 1 is 1.07 bits per heavy atom. The molecule has 0 saturated heterocycles. The summed E-state index contributed by atoms with van der Waals surface area (Å²) in [6.07, 6.45) is 2.97. The molecular formula is C19H16Cl3NO4. The van der Waals surface area contributed by atoms with E-state index in [1.54, 1.807) is 24.3 Å². The first-order chi connectivity index (χ1) is 12.9. The van der Waals surface area contributed by atoms with Crippen molar-refractivity contribution in [2.24, 2.45) is 0 Å². The van der Waals surface area contributed by atoms with Crippen LogP contribution in [-0.4, -0.2) is 32.5 Å². The SMILES string of the molecule is CNC(=O)COc1ccc(/C=C/C(=O)c2ccc(Cl)c(Cl)c2Cl)cc1OC. The van der Waals surface area contributed by atoms with Gasteiger partial charge in [0, 0.05) is 12.6 Å². The molecule has 0 aliphatic rings. The molecule has 2 aromatic rings. The first-order valence-electron chi connectivity index (χ1n) is 7.74. The first kappa shape index (κ1) is 21.1. The zero-order valence-electron chi connectivity index (χ0n) is 14.5. The Morgan fingerprint density at radius 2 is 1.81 bits per heavy atom. The molecule has 0 aliphatic heterocycles.